The fraction of sp³-hybridized carbons (Fsp3) is 0.600. The Morgan fingerprint density at radius 2 is 1.76 bits per heavy atom. The monoisotopic (exact) mass is 346 g/mol. The van der Waals surface area contributed by atoms with Crippen LogP contribution >= 0.6 is 0 Å². The third-order valence-electron chi connectivity index (χ3n) is 4.91. The molecule has 1 fully saturated rings. The Hall–Kier alpha value is -1.88. The predicted molar refractivity (Wildman–Crippen MR) is 97.9 cm³/mol. The van der Waals surface area contributed by atoms with Gasteiger partial charge < -0.3 is 15.3 Å². The number of piperidine rings is 1. The lowest BCUT2D eigenvalue weighted by atomic mass is 9.94. The van der Waals surface area contributed by atoms with E-state index in [0.29, 0.717) is 32.4 Å². The van der Waals surface area contributed by atoms with E-state index in [1.165, 1.54) is 0 Å². The molecule has 1 saturated heterocycles. The van der Waals surface area contributed by atoms with Crippen LogP contribution in [0.4, 0.5) is 0 Å². The van der Waals surface area contributed by atoms with Gasteiger partial charge in [-0.25, -0.2) is 0 Å². The van der Waals surface area contributed by atoms with Crippen LogP contribution in [-0.2, 0) is 16.0 Å². The molecule has 0 radical (unpaired) electrons. The second-order valence-corrected chi connectivity index (χ2v) is 7.31. The van der Waals surface area contributed by atoms with E-state index in [4.69, 9.17) is 0 Å². The van der Waals surface area contributed by atoms with Gasteiger partial charge in [0.15, 0.2) is 0 Å². The van der Waals surface area contributed by atoms with Crippen LogP contribution in [0.25, 0.3) is 0 Å². The molecule has 0 aliphatic carbocycles. The molecule has 1 aromatic carbocycles. The van der Waals surface area contributed by atoms with Gasteiger partial charge in [0, 0.05) is 31.3 Å². The van der Waals surface area contributed by atoms with Crippen molar-refractivity contribution in [1.82, 2.24) is 10.2 Å². The van der Waals surface area contributed by atoms with E-state index in [0.717, 1.165) is 5.56 Å². The van der Waals surface area contributed by atoms with Crippen molar-refractivity contribution in [3.8, 4) is 0 Å². The molecule has 5 heteroatoms. The van der Waals surface area contributed by atoms with E-state index in [2.05, 4.69) is 5.32 Å². The number of carbonyl (C=O) groups excluding carboxylic acids is 2. The van der Waals surface area contributed by atoms with E-state index in [9.17, 15) is 14.7 Å². The van der Waals surface area contributed by atoms with E-state index < -0.39 is 6.10 Å². The molecule has 2 amide bonds. The fourth-order valence-electron chi connectivity index (χ4n) is 3.20. The number of aliphatic hydroxyl groups is 1. The average molecular weight is 346 g/mol. The number of nitrogens with zero attached hydrogens (tertiary/aromatic N) is 1. The topological polar surface area (TPSA) is 69.6 Å². The summed E-state index contributed by atoms with van der Waals surface area (Å²) in [5.74, 6) is 0.0582. The highest BCUT2D eigenvalue weighted by molar-refractivity contribution is 5.81. The highest BCUT2D eigenvalue weighted by Gasteiger charge is 2.29. The number of amides is 2. The van der Waals surface area contributed by atoms with Crippen molar-refractivity contribution in [1.29, 1.82) is 0 Å². The number of nitrogens with one attached hydrogen (secondary N) is 1. The molecule has 2 N–H and O–H groups in total. The van der Waals surface area contributed by atoms with Crippen LogP contribution in [0.2, 0.25) is 0 Å². The number of likely N-dealkylation sites (tertiary alicyclic amines) is 1. The van der Waals surface area contributed by atoms with Gasteiger partial charge in [-0.05, 0) is 25.3 Å². The summed E-state index contributed by atoms with van der Waals surface area (Å²) in [5.41, 5.74) is 1.05. The molecule has 0 bridgehead atoms. The summed E-state index contributed by atoms with van der Waals surface area (Å²) in [5, 5.41) is 13.3. The Kier molecular flexibility index (Phi) is 7.00. The van der Waals surface area contributed by atoms with Crippen molar-refractivity contribution >= 4 is 11.8 Å². The predicted octanol–water partition coefficient (Wildman–Crippen LogP) is 1.99. The minimum atomic E-state index is -0.617. The largest absolute Gasteiger partial charge is 0.391 e. The Morgan fingerprint density at radius 1 is 1.16 bits per heavy atom. The van der Waals surface area contributed by atoms with Gasteiger partial charge in [-0.15, -0.1) is 0 Å². The number of hydrogen-bond acceptors (Lipinski definition) is 3. The molecule has 0 saturated carbocycles. The molecule has 1 aliphatic heterocycles. The lowest BCUT2D eigenvalue weighted by Crippen LogP contribution is -2.48. The van der Waals surface area contributed by atoms with Crippen LogP contribution in [0.1, 0.15) is 39.2 Å². The second kappa shape index (κ2) is 8.99. The summed E-state index contributed by atoms with van der Waals surface area (Å²) in [7, 11) is 0. The SMILES string of the molecule is CC(C)C(=O)N1CCC(C(=O)NC(C)C(O)Cc2ccccc2)CC1. The Bertz CT molecular complexity index is 566. The van der Waals surface area contributed by atoms with E-state index in [1.807, 2.05) is 56.0 Å². The molecule has 1 aromatic rings. The minimum Gasteiger partial charge on any atom is -0.391 e. The summed E-state index contributed by atoms with van der Waals surface area (Å²) in [6, 6.07) is 9.47. The van der Waals surface area contributed by atoms with E-state index in [1.54, 1.807) is 0 Å². The minimum absolute atomic E-state index is 0.00136. The second-order valence-electron chi connectivity index (χ2n) is 7.31. The Labute approximate surface area is 150 Å². The van der Waals surface area contributed by atoms with E-state index >= 15 is 0 Å². The van der Waals surface area contributed by atoms with Gasteiger partial charge in [0.25, 0.3) is 0 Å². The van der Waals surface area contributed by atoms with Crippen LogP contribution in [0.3, 0.4) is 0 Å². The summed E-state index contributed by atoms with van der Waals surface area (Å²) in [6.45, 7) is 6.91. The molecule has 138 valence electrons. The van der Waals surface area contributed by atoms with Crippen LogP contribution in [0.15, 0.2) is 30.3 Å². The molecule has 0 spiro atoms. The molecule has 2 rings (SSSR count). The van der Waals surface area contributed by atoms with Crippen LogP contribution in [-0.4, -0.2) is 47.1 Å². The summed E-state index contributed by atoms with van der Waals surface area (Å²) in [4.78, 5) is 26.3. The number of benzene rings is 1. The normalized spacial score (nSPS) is 18.0. The van der Waals surface area contributed by atoms with Gasteiger partial charge in [0.1, 0.15) is 0 Å². The van der Waals surface area contributed by atoms with Gasteiger partial charge in [-0.1, -0.05) is 44.2 Å². The highest BCUT2D eigenvalue weighted by atomic mass is 16.3. The first-order valence-electron chi connectivity index (χ1n) is 9.19. The molecular weight excluding hydrogens is 316 g/mol. The van der Waals surface area contributed by atoms with Gasteiger partial charge >= 0.3 is 0 Å². The summed E-state index contributed by atoms with van der Waals surface area (Å²) in [6.07, 6.45) is 1.27. The lowest BCUT2D eigenvalue weighted by molar-refractivity contribution is -0.138. The molecule has 1 aliphatic rings. The quantitative estimate of drug-likeness (QED) is 0.828. The van der Waals surface area contributed by atoms with Crippen molar-refractivity contribution in [2.45, 2.75) is 52.2 Å². The molecule has 2 atom stereocenters. The average Bonchev–Trinajstić information content (AvgIpc) is 2.61. The molecule has 5 nitrogen and oxygen atoms in total. The van der Waals surface area contributed by atoms with Gasteiger partial charge in [-0.2, -0.15) is 0 Å². The maximum Gasteiger partial charge on any atom is 0.225 e. The maximum absolute atomic E-state index is 12.5. The van der Waals surface area contributed by atoms with Crippen molar-refractivity contribution in [3.05, 3.63) is 35.9 Å². The molecule has 25 heavy (non-hydrogen) atoms. The zero-order valence-corrected chi connectivity index (χ0v) is 15.4. The van der Waals surface area contributed by atoms with Crippen molar-refractivity contribution in [2.24, 2.45) is 11.8 Å². The summed E-state index contributed by atoms with van der Waals surface area (Å²) >= 11 is 0. The lowest BCUT2D eigenvalue weighted by Gasteiger charge is -2.33. The smallest absolute Gasteiger partial charge is 0.225 e. The highest BCUT2D eigenvalue weighted by Crippen LogP contribution is 2.19. The van der Waals surface area contributed by atoms with Crippen molar-refractivity contribution in [3.63, 3.8) is 0 Å². The van der Waals surface area contributed by atoms with Crippen LogP contribution < -0.4 is 5.32 Å². The van der Waals surface area contributed by atoms with Crippen LogP contribution in [0, 0.1) is 11.8 Å². The first kappa shape index (κ1) is 19.4. The zero-order chi connectivity index (χ0) is 18.4. The van der Waals surface area contributed by atoms with Crippen molar-refractivity contribution in [2.75, 3.05) is 13.1 Å². The van der Waals surface area contributed by atoms with Gasteiger partial charge in [0.05, 0.1) is 12.1 Å². The fourth-order valence-corrected chi connectivity index (χ4v) is 3.20. The first-order chi connectivity index (χ1) is 11.9. The molecular formula is C20H30N2O3. The van der Waals surface area contributed by atoms with E-state index in [-0.39, 0.29) is 29.7 Å². The zero-order valence-electron chi connectivity index (χ0n) is 15.4. The first-order valence-corrected chi connectivity index (χ1v) is 9.19. The van der Waals surface area contributed by atoms with Crippen molar-refractivity contribution < 1.29 is 14.7 Å². The third kappa shape index (κ3) is 5.56. The third-order valence-corrected chi connectivity index (χ3v) is 4.91. The number of hydrogen-bond donors (Lipinski definition) is 2. The van der Waals surface area contributed by atoms with Gasteiger partial charge in [0.2, 0.25) is 11.8 Å². The number of rotatable bonds is 6. The molecule has 0 aromatic heterocycles. The Balaban J connectivity index is 1.79. The maximum atomic E-state index is 12.5. The Morgan fingerprint density at radius 3 is 2.32 bits per heavy atom. The number of aliphatic hydroxyl groups excluding tert-OH is 1. The van der Waals surface area contributed by atoms with Gasteiger partial charge in [-0.3, -0.25) is 9.59 Å². The molecule has 2 unspecified atom stereocenters. The summed E-state index contributed by atoms with van der Waals surface area (Å²) < 4.78 is 0. The van der Waals surface area contributed by atoms with Crippen LogP contribution in [0.5, 0.6) is 0 Å². The number of carbonyl (C=O) groups is 2. The molecule has 1 heterocycles. The standard InChI is InChI=1S/C20H30N2O3/c1-14(2)20(25)22-11-9-17(10-12-22)19(24)21-15(3)18(23)13-16-7-5-4-6-8-16/h4-8,14-15,17-18,23H,9-13H2,1-3H3,(H,21,24).